The molecular weight excluding hydrogens is 461 g/mol. The second-order valence-electron chi connectivity index (χ2n) is 8.42. The smallest absolute Gasteiger partial charge is 0.305 e. The molecule has 1 aliphatic heterocycles. The highest BCUT2D eigenvalue weighted by Gasteiger charge is 2.29. The molecule has 0 fully saturated rings. The van der Waals surface area contributed by atoms with E-state index in [-0.39, 0.29) is 24.2 Å². The molecule has 3 aromatic carbocycles. The summed E-state index contributed by atoms with van der Waals surface area (Å²) in [5, 5.41) is 6.08. The zero-order valence-electron chi connectivity index (χ0n) is 20.2. The lowest BCUT2D eigenvalue weighted by Crippen LogP contribution is -2.22. The van der Waals surface area contributed by atoms with Crippen molar-refractivity contribution in [2.45, 2.75) is 19.8 Å². The monoisotopic (exact) mass is 487 g/mol. The van der Waals surface area contributed by atoms with Crippen LogP contribution in [0, 0.1) is 5.82 Å². The first-order chi connectivity index (χ1) is 17.3. The third-order valence-electron chi connectivity index (χ3n) is 6.06. The van der Waals surface area contributed by atoms with Crippen LogP contribution in [0.5, 0.6) is 0 Å². The lowest BCUT2D eigenvalue weighted by Gasteiger charge is -2.18. The lowest BCUT2D eigenvalue weighted by molar-refractivity contribution is -0.140. The summed E-state index contributed by atoms with van der Waals surface area (Å²) in [5.41, 5.74) is 5.05. The van der Waals surface area contributed by atoms with Gasteiger partial charge in [0.25, 0.3) is 5.91 Å². The Balaban J connectivity index is 1.73. The molecule has 0 saturated carbocycles. The number of anilines is 3. The Hall–Kier alpha value is -4.46. The van der Waals surface area contributed by atoms with E-state index in [0.717, 1.165) is 16.8 Å². The Bertz CT molecular complexity index is 1350. The van der Waals surface area contributed by atoms with Gasteiger partial charge in [0, 0.05) is 37.3 Å². The van der Waals surface area contributed by atoms with E-state index in [1.165, 1.54) is 31.1 Å². The Labute approximate surface area is 208 Å². The maximum atomic E-state index is 13.8. The summed E-state index contributed by atoms with van der Waals surface area (Å²) in [6, 6.07) is 19.0. The summed E-state index contributed by atoms with van der Waals surface area (Å²) in [6.45, 7) is 1.49. The topological polar surface area (TPSA) is 87.7 Å². The number of halogens is 1. The average Bonchev–Trinajstić information content (AvgIpc) is 3.20. The fourth-order valence-corrected chi connectivity index (χ4v) is 3.95. The number of amides is 2. The third-order valence-corrected chi connectivity index (χ3v) is 6.06. The van der Waals surface area contributed by atoms with Gasteiger partial charge in [-0.25, -0.2) is 4.39 Å². The Morgan fingerprint density at radius 3 is 2.36 bits per heavy atom. The van der Waals surface area contributed by atoms with E-state index >= 15 is 0 Å². The van der Waals surface area contributed by atoms with Crippen LogP contribution in [-0.4, -0.2) is 31.9 Å². The number of carbonyl (C=O) groups excluding carboxylic acids is 3. The predicted octanol–water partition coefficient (Wildman–Crippen LogP) is 4.85. The minimum Gasteiger partial charge on any atom is -0.469 e. The largest absolute Gasteiger partial charge is 0.469 e. The predicted molar refractivity (Wildman–Crippen MR) is 138 cm³/mol. The van der Waals surface area contributed by atoms with Gasteiger partial charge in [-0.2, -0.15) is 0 Å². The van der Waals surface area contributed by atoms with Crippen molar-refractivity contribution in [2.24, 2.45) is 0 Å². The van der Waals surface area contributed by atoms with E-state index in [1.807, 2.05) is 36.4 Å². The van der Waals surface area contributed by atoms with Crippen molar-refractivity contribution in [1.82, 2.24) is 0 Å². The molecule has 2 N–H and O–H groups in total. The van der Waals surface area contributed by atoms with Crippen LogP contribution >= 0.6 is 0 Å². The number of hydrogen-bond acceptors (Lipinski definition) is 5. The van der Waals surface area contributed by atoms with Gasteiger partial charge in [-0.1, -0.05) is 24.3 Å². The molecule has 1 aliphatic rings. The standard InChI is InChI=1S/C28H26FN3O4/c1-17(33)32(2)22-12-10-21(11-13-22)30-27(19-7-4-18(5-8-19)6-15-25(34)36-3)26-23-14-9-20(29)16-24(23)31-28(26)35/h4-5,7-14,16,30H,6,15H2,1-3H3,(H,31,35)/b27-26-. The summed E-state index contributed by atoms with van der Waals surface area (Å²) < 4.78 is 18.5. The third kappa shape index (κ3) is 5.27. The second-order valence-corrected chi connectivity index (χ2v) is 8.42. The number of nitrogens with zero attached hydrogens (tertiary/aromatic N) is 1. The summed E-state index contributed by atoms with van der Waals surface area (Å²) in [5.74, 6) is -1.16. The van der Waals surface area contributed by atoms with Crippen LogP contribution in [0.3, 0.4) is 0 Å². The van der Waals surface area contributed by atoms with Gasteiger partial charge in [0.1, 0.15) is 5.82 Å². The van der Waals surface area contributed by atoms with Crippen molar-refractivity contribution >= 4 is 46.1 Å². The number of rotatable bonds is 7. The summed E-state index contributed by atoms with van der Waals surface area (Å²) in [6.07, 6.45) is 0.796. The highest BCUT2D eigenvalue weighted by Crippen LogP contribution is 2.38. The molecule has 2 amide bonds. The van der Waals surface area contributed by atoms with Crippen LogP contribution in [0.4, 0.5) is 21.5 Å². The highest BCUT2D eigenvalue weighted by atomic mass is 19.1. The normalized spacial score (nSPS) is 13.5. The average molecular weight is 488 g/mol. The highest BCUT2D eigenvalue weighted by molar-refractivity contribution is 6.37. The molecule has 0 unspecified atom stereocenters. The molecule has 3 aromatic rings. The quantitative estimate of drug-likeness (QED) is 0.368. The molecule has 8 heteroatoms. The van der Waals surface area contributed by atoms with Gasteiger partial charge in [0.15, 0.2) is 0 Å². The van der Waals surface area contributed by atoms with Gasteiger partial charge in [-0.3, -0.25) is 14.4 Å². The summed E-state index contributed by atoms with van der Waals surface area (Å²) in [4.78, 5) is 37.7. The number of ether oxygens (including phenoxy) is 1. The van der Waals surface area contributed by atoms with Crippen LogP contribution in [0.1, 0.15) is 30.0 Å². The van der Waals surface area contributed by atoms with E-state index < -0.39 is 5.82 Å². The molecule has 36 heavy (non-hydrogen) atoms. The van der Waals surface area contributed by atoms with Gasteiger partial charge in [-0.15, -0.1) is 0 Å². The molecule has 184 valence electrons. The first-order valence-electron chi connectivity index (χ1n) is 11.4. The number of fused-ring (bicyclic) bond motifs is 1. The second kappa shape index (κ2) is 10.4. The van der Waals surface area contributed by atoms with Gasteiger partial charge >= 0.3 is 5.97 Å². The van der Waals surface area contributed by atoms with E-state index in [2.05, 4.69) is 10.6 Å². The number of methoxy groups -OCH3 is 1. The lowest BCUT2D eigenvalue weighted by atomic mass is 9.98. The number of benzene rings is 3. The molecule has 0 aromatic heterocycles. The fourth-order valence-electron chi connectivity index (χ4n) is 3.95. The number of aryl methyl sites for hydroxylation is 1. The van der Waals surface area contributed by atoms with Crippen LogP contribution in [0.2, 0.25) is 0 Å². The van der Waals surface area contributed by atoms with Crippen molar-refractivity contribution < 1.29 is 23.5 Å². The molecule has 7 nitrogen and oxygen atoms in total. The van der Waals surface area contributed by atoms with Crippen molar-refractivity contribution in [1.29, 1.82) is 0 Å². The van der Waals surface area contributed by atoms with Gasteiger partial charge in [-0.05, 0) is 60.0 Å². The molecule has 0 spiro atoms. The Morgan fingerprint density at radius 2 is 1.72 bits per heavy atom. The van der Waals surface area contributed by atoms with Crippen molar-refractivity contribution in [2.75, 3.05) is 29.7 Å². The number of hydrogen-bond donors (Lipinski definition) is 2. The van der Waals surface area contributed by atoms with Crippen LogP contribution in [0.15, 0.2) is 66.7 Å². The van der Waals surface area contributed by atoms with E-state index in [0.29, 0.717) is 34.6 Å². The Kier molecular flexibility index (Phi) is 7.15. The summed E-state index contributed by atoms with van der Waals surface area (Å²) >= 11 is 0. The zero-order valence-corrected chi connectivity index (χ0v) is 20.2. The SMILES string of the molecule is COC(=O)CCc1ccc(/C(Nc2ccc(N(C)C(C)=O)cc2)=C2/C(=O)Nc3cc(F)ccc32)cc1. The maximum Gasteiger partial charge on any atom is 0.305 e. The zero-order chi connectivity index (χ0) is 25.8. The minimum atomic E-state index is -0.440. The van der Waals surface area contributed by atoms with Crippen molar-refractivity contribution in [3.8, 4) is 0 Å². The molecule has 0 atom stereocenters. The first-order valence-corrected chi connectivity index (χ1v) is 11.4. The fraction of sp³-hybridized carbons (Fsp3) is 0.179. The molecule has 0 radical (unpaired) electrons. The molecule has 0 bridgehead atoms. The maximum absolute atomic E-state index is 13.8. The molecule has 0 saturated heterocycles. The summed E-state index contributed by atoms with van der Waals surface area (Å²) in [7, 11) is 3.05. The van der Waals surface area contributed by atoms with Gasteiger partial charge in [0.2, 0.25) is 5.91 Å². The van der Waals surface area contributed by atoms with E-state index in [4.69, 9.17) is 4.74 Å². The van der Waals surface area contributed by atoms with Crippen LogP contribution in [-0.2, 0) is 25.5 Å². The molecule has 1 heterocycles. The number of esters is 1. The molecule has 0 aliphatic carbocycles. The minimum absolute atomic E-state index is 0.0859. The number of nitrogens with one attached hydrogen (secondary N) is 2. The first kappa shape index (κ1) is 24.7. The Morgan fingerprint density at radius 1 is 1.03 bits per heavy atom. The van der Waals surface area contributed by atoms with E-state index in [1.54, 1.807) is 25.2 Å². The molecule has 4 rings (SSSR count). The van der Waals surface area contributed by atoms with Crippen molar-refractivity contribution in [3.05, 3.63) is 89.2 Å². The van der Waals surface area contributed by atoms with Crippen LogP contribution in [0.25, 0.3) is 11.3 Å². The van der Waals surface area contributed by atoms with Crippen molar-refractivity contribution in [3.63, 3.8) is 0 Å². The van der Waals surface area contributed by atoms with Gasteiger partial charge < -0.3 is 20.3 Å². The molecular formula is C28H26FN3O4. The number of carbonyl (C=O) groups is 3. The van der Waals surface area contributed by atoms with E-state index in [9.17, 15) is 18.8 Å². The van der Waals surface area contributed by atoms with Gasteiger partial charge in [0.05, 0.1) is 24.1 Å². The van der Waals surface area contributed by atoms with Crippen LogP contribution < -0.4 is 15.5 Å².